The summed E-state index contributed by atoms with van der Waals surface area (Å²) in [6.45, 7) is 3.93. The fourth-order valence-corrected chi connectivity index (χ4v) is 2.25. The quantitative estimate of drug-likeness (QED) is 0.896. The van der Waals surface area contributed by atoms with E-state index in [9.17, 15) is 13.2 Å². The fourth-order valence-electron chi connectivity index (χ4n) is 1.79. The Morgan fingerprint density at radius 1 is 1.27 bits per heavy atom. The zero-order valence-corrected chi connectivity index (χ0v) is 13.2. The molecule has 0 unspecified atom stereocenters. The number of hydrogen-bond acceptors (Lipinski definition) is 6. The summed E-state index contributed by atoms with van der Waals surface area (Å²) in [6, 6.07) is 6.16. The minimum atomic E-state index is -3.58. The smallest absolute Gasteiger partial charge is 0.264 e. The van der Waals surface area contributed by atoms with Crippen molar-refractivity contribution in [1.29, 1.82) is 0 Å². The van der Waals surface area contributed by atoms with Crippen LogP contribution in [-0.2, 0) is 16.6 Å². The number of sulfonamides is 1. The monoisotopic (exact) mass is 324 g/mol. The predicted molar refractivity (Wildman–Crippen MR) is 79.1 cm³/mol. The molecule has 0 atom stereocenters. The van der Waals surface area contributed by atoms with Crippen molar-refractivity contribution in [2.24, 2.45) is 0 Å². The van der Waals surface area contributed by atoms with Gasteiger partial charge in [0.05, 0.1) is 17.5 Å². The summed E-state index contributed by atoms with van der Waals surface area (Å²) >= 11 is 0. The zero-order valence-electron chi connectivity index (χ0n) is 12.4. The lowest BCUT2D eigenvalue weighted by atomic mass is 10.2. The number of nitrogens with zero attached hydrogens (tertiary/aromatic N) is 1. The Morgan fingerprint density at radius 3 is 2.41 bits per heavy atom. The lowest BCUT2D eigenvalue weighted by Gasteiger charge is -2.07. The van der Waals surface area contributed by atoms with E-state index in [0.717, 1.165) is 17.5 Å². The Morgan fingerprint density at radius 2 is 1.91 bits per heavy atom. The van der Waals surface area contributed by atoms with E-state index in [4.69, 9.17) is 9.26 Å². The molecule has 118 valence electrons. The maximum absolute atomic E-state index is 11.7. The highest BCUT2D eigenvalue weighted by atomic mass is 32.2. The number of carbonyl (C=O) groups excluding carboxylic acids is 1. The van der Waals surface area contributed by atoms with Gasteiger partial charge in [-0.1, -0.05) is 5.16 Å². The molecule has 7 nitrogen and oxygen atoms in total. The lowest BCUT2D eigenvalue weighted by molar-refractivity contribution is 0.0981. The Balaban J connectivity index is 2.02. The predicted octanol–water partition coefficient (Wildman–Crippen LogP) is 1.56. The van der Waals surface area contributed by atoms with E-state index >= 15 is 0 Å². The van der Waals surface area contributed by atoms with Gasteiger partial charge in [0.2, 0.25) is 10.0 Å². The van der Waals surface area contributed by atoms with E-state index in [1.54, 1.807) is 19.1 Å². The molecule has 8 heteroatoms. The van der Waals surface area contributed by atoms with Gasteiger partial charge in [-0.25, -0.2) is 13.1 Å². The van der Waals surface area contributed by atoms with Gasteiger partial charge in [-0.2, -0.15) is 0 Å². The summed E-state index contributed by atoms with van der Waals surface area (Å²) in [6.07, 6.45) is 0.923. The van der Waals surface area contributed by atoms with Crippen LogP contribution in [0, 0.1) is 13.8 Å². The third-order valence-corrected chi connectivity index (χ3v) is 3.52. The summed E-state index contributed by atoms with van der Waals surface area (Å²) in [4.78, 5) is 11.7. The number of amides is 1. The normalized spacial score (nSPS) is 11.2. The molecule has 1 aromatic carbocycles. The Hall–Kier alpha value is -2.35. The Labute approximate surface area is 128 Å². The lowest BCUT2D eigenvalue weighted by Crippen LogP contribution is -2.29. The first-order chi connectivity index (χ1) is 10.3. The van der Waals surface area contributed by atoms with Gasteiger partial charge in [-0.15, -0.1) is 0 Å². The van der Waals surface area contributed by atoms with Gasteiger partial charge in [0.15, 0.2) is 0 Å². The number of rotatable bonds is 5. The molecule has 1 N–H and O–H groups in total. The zero-order chi connectivity index (χ0) is 16.3. The molecule has 1 heterocycles. The number of ether oxygens (including phenoxy) is 1. The maximum Gasteiger partial charge on any atom is 0.264 e. The largest absolute Gasteiger partial charge is 0.489 e. The van der Waals surface area contributed by atoms with Crippen molar-refractivity contribution < 1.29 is 22.5 Å². The first-order valence-electron chi connectivity index (χ1n) is 6.43. The molecule has 0 fully saturated rings. The van der Waals surface area contributed by atoms with Crippen LogP contribution in [0.5, 0.6) is 5.75 Å². The second kappa shape index (κ2) is 6.18. The standard InChI is InChI=1S/C14H16N2O5S/c1-9-13(10(2)21-15-9)8-20-12-6-4-11(5-7-12)14(17)16-22(3,18)19/h4-7H,8H2,1-3H3,(H,16,17). The number of aryl methyl sites for hydroxylation is 2. The van der Waals surface area contributed by atoms with Crippen LogP contribution in [-0.4, -0.2) is 25.7 Å². The van der Waals surface area contributed by atoms with E-state index in [2.05, 4.69) is 5.16 Å². The molecular formula is C14H16N2O5S. The van der Waals surface area contributed by atoms with E-state index < -0.39 is 15.9 Å². The van der Waals surface area contributed by atoms with Gasteiger partial charge in [-0.3, -0.25) is 4.79 Å². The number of nitrogens with one attached hydrogen (secondary N) is 1. The molecule has 0 saturated carbocycles. The number of aromatic nitrogens is 1. The molecule has 0 spiro atoms. The SMILES string of the molecule is Cc1noc(C)c1COc1ccc(C(=O)NS(C)(=O)=O)cc1. The Bertz CT molecular complexity index is 759. The minimum absolute atomic E-state index is 0.232. The number of carbonyl (C=O) groups is 1. The van der Waals surface area contributed by atoms with Crippen LogP contribution in [0.3, 0.4) is 0 Å². The molecule has 0 aliphatic heterocycles. The topological polar surface area (TPSA) is 98.5 Å². The van der Waals surface area contributed by atoms with E-state index in [1.807, 2.05) is 11.6 Å². The molecule has 0 aliphatic carbocycles. The average Bonchev–Trinajstić information content (AvgIpc) is 2.74. The second-order valence-electron chi connectivity index (χ2n) is 4.82. The van der Waals surface area contributed by atoms with Crippen LogP contribution >= 0.6 is 0 Å². The van der Waals surface area contributed by atoms with Gasteiger partial charge in [0.1, 0.15) is 18.1 Å². The van der Waals surface area contributed by atoms with Crippen LogP contribution in [0.4, 0.5) is 0 Å². The molecule has 1 amide bonds. The molecule has 1 aromatic heterocycles. The van der Waals surface area contributed by atoms with Gasteiger partial charge in [-0.05, 0) is 38.1 Å². The molecule has 0 saturated heterocycles. The fraction of sp³-hybridized carbons (Fsp3) is 0.286. The Kier molecular flexibility index (Phi) is 4.51. The van der Waals surface area contributed by atoms with Crippen LogP contribution in [0.2, 0.25) is 0 Å². The molecule has 0 aliphatic rings. The molecule has 0 radical (unpaired) electrons. The van der Waals surface area contributed by atoms with Crippen molar-refractivity contribution >= 4 is 15.9 Å². The van der Waals surface area contributed by atoms with Crippen LogP contribution in [0.1, 0.15) is 27.4 Å². The minimum Gasteiger partial charge on any atom is -0.489 e. The molecule has 22 heavy (non-hydrogen) atoms. The first-order valence-corrected chi connectivity index (χ1v) is 8.32. The van der Waals surface area contributed by atoms with Gasteiger partial charge in [0, 0.05) is 5.56 Å². The third-order valence-electron chi connectivity index (χ3n) is 2.96. The van der Waals surface area contributed by atoms with Crippen molar-refractivity contribution in [3.63, 3.8) is 0 Å². The maximum atomic E-state index is 11.7. The average molecular weight is 324 g/mol. The highest BCUT2D eigenvalue weighted by Gasteiger charge is 2.12. The number of hydrogen-bond donors (Lipinski definition) is 1. The van der Waals surface area contributed by atoms with Crippen molar-refractivity contribution in [2.45, 2.75) is 20.5 Å². The van der Waals surface area contributed by atoms with Crippen molar-refractivity contribution in [2.75, 3.05) is 6.26 Å². The van der Waals surface area contributed by atoms with Crippen LogP contribution in [0.25, 0.3) is 0 Å². The molecule has 2 rings (SSSR count). The van der Waals surface area contributed by atoms with Crippen LogP contribution < -0.4 is 9.46 Å². The van der Waals surface area contributed by atoms with Crippen molar-refractivity contribution in [1.82, 2.24) is 9.88 Å². The van der Waals surface area contributed by atoms with Crippen molar-refractivity contribution in [3.05, 3.63) is 46.8 Å². The highest BCUT2D eigenvalue weighted by Crippen LogP contribution is 2.18. The van der Waals surface area contributed by atoms with Crippen molar-refractivity contribution in [3.8, 4) is 5.75 Å². The van der Waals surface area contributed by atoms with Gasteiger partial charge in [0.25, 0.3) is 5.91 Å². The molecule has 0 bridgehead atoms. The summed E-state index contributed by atoms with van der Waals surface area (Å²) < 4.78 is 34.6. The first kappa shape index (κ1) is 16.0. The highest BCUT2D eigenvalue weighted by molar-refractivity contribution is 7.89. The van der Waals surface area contributed by atoms with E-state index in [1.165, 1.54) is 12.1 Å². The molecular weight excluding hydrogens is 308 g/mol. The van der Waals surface area contributed by atoms with Gasteiger partial charge >= 0.3 is 0 Å². The third kappa shape index (κ3) is 4.08. The van der Waals surface area contributed by atoms with E-state index in [-0.39, 0.29) is 5.56 Å². The summed E-state index contributed by atoms with van der Waals surface area (Å²) in [5.41, 5.74) is 1.87. The van der Waals surface area contributed by atoms with Gasteiger partial charge < -0.3 is 9.26 Å². The number of benzene rings is 1. The van der Waals surface area contributed by atoms with Crippen LogP contribution in [0.15, 0.2) is 28.8 Å². The molecule has 2 aromatic rings. The summed E-state index contributed by atoms with van der Waals surface area (Å²) in [5, 5.41) is 3.84. The summed E-state index contributed by atoms with van der Waals surface area (Å²) in [5.74, 6) is 0.567. The summed E-state index contributed by atoms with van der Waals surface area (Å²) in [7, 11) is -3.58. The van der Waals surface area contributed by atoms with E-state index in [0.29, 0.717) is 18.1 Å². The second-order valence-corrected chi connectivity index (χ2v) is 6.57.